The standard InChI is InChI=1S/C15H15NOS2/c1-10(17)16-8-13-12-4-2-3-5-14(12)19-9-11-6-7-18-15(11)13/h2-7,13H,8-9H2,1H3,(H,16,17). The molecule has 0 fully saturated rings. The summed E-state index contributed by atoms with van der Waals surface area (Å²) in [6, 6.07) is 10.7. The van der Waals surface area contributed by atoms with Crippen molar-refractivity contribution in [3.63, 3.8) is 0 Å². The molecule has 0 aliphatic carbocycles. The quantitative estimate of drug-likeness (QED) is 0.915. The molecule has 0 saturated carbocycles. The molecule has 3 rings (SSSR count). The smallest absolute Gasteiger partial charge is 0.216 e. The molecule has 0 radical (unpaired) electrons. The van der Waals surface area contributed by atoms with Crippen LogP contribution in [0, 0.1) is 0 Å². The monoisotopic (exact) mass is 289 g/mol. The van der Waals surface area contributed by atoms with Gasteiger partial charge in [-0.25, -0.2) is 0 Å². The highest BCUT2D eigenvalue weighted by atomic mass is 32.2. The zero-order valence-corrected chi connectivity index (χ0v) is 12.3. The molecule has 1 amide bonds. The SMILES string of the molecule is CC(=O)NCC1c2ccccc2SCc2ccsc21. The molecule has 1 atom stereocenters. The van der Waals surface area contributed by atoms with E-state index in [1.54, 1.807) is 18.3 Å². The second kappa shape index (κ2) is 5.39. The molecule has 0 saturated heterocycles. The summed E-state index contributed by atoms with van der Waals surface area (Å²) in [4.78, 5) is 14.0. The van der Waals surface area contributed by atoms with Gasteiger partial charge >= 0.3 is 0 Å². The second-order valence-corrected chi connectivity index (χ2v) is 6.59. The van der Waals surface area contributed by atoms with Crippen molar-refractivity contribution in [2.45, 2.75) is 23.5 Å². The number of benzene rings is 1. The van der Waals surface area contributed by atoms with Crippen LogP contribution in [0.25, 0.3) is 0 Å². The van der Waals surface area contributed by atoms with Crippen LogP contribution in [0.5, 0.6) is 0 Å². The lowest BCUT2D eigenvalue weighted by Gasteiger charge is -2.18. The van der Waals surface area contributed by atoms with Crippen molar-refractivity contribution >= 4 is 29.0 Å². The number of amides is 1. The van der Waals surface area contributed by atoms with Gasteiger partial charge in [0.15, 0.2) is 0 Å². The lowest BCUT2D eigenvalue weighted by molar-refractivity contribution is -0.118. The minimum Gasteiger partial charge on any atom is -0.355 e. The Kier molecular flexibility index (Phi) is 3.62. The van der Waals surface area contributed by atoms with Crippen molar-refractivity contribution in [1.29, 1.82) is 0 Å². The summed E-state index contributed by atoms with van der Waals surface area (Å²) >= 11 is 3.69. The van der Waals surface area contributed by atoms with Crippen molar-refractivity contribution in [3.05, 3.63) is 51.7 Å². The van der Waals surface area contributed by atoms with Gasteiger partial charge in [-0.2, -0.15) is 0 Å². The molecule has 1 aromatic carbocycles. The van der Waals surface area contributed by atoms with Crippen LogP contribution in [-0.2, 0) is 10.5 Å². The summed E-state index contributed by atoms with van der Waals surface area (Å²) in [5, 5.41) is 5.13. The Labute approximate surface area is 121 Å². The molecule has 2 aromatic rings. The summed E-state index contributed by atoms with van der Waals surface area (Å²) in [6.07, 6.45) is 0. The average Bonchev–Trinajstić information content (AvgIpc) is 2.80. The molecule has 1 unspecified atom stereocenters. The van der Waals surface area contributed by atoms with Gasteiger partial charge in [0.1, 0.15) is 0 Å². The van der Waals surface area contributed by atoms with E-state index in [0.717, 1.165) is 5.75 Å². The highest BCUT2D eigenvalue weighted by molar-refractivity contribution is 7.98. The van der Waals surface area contributed by atoms with Crippen molar-refractivity contribution in [1.82, 2.24) is 5.32 Å². The van der Waals surface area contributed by atoms with E-state index < -0.39 is 0 Å². The normalized spacial score (nSPS) is 17.2. The van der Waals surface area contributed by atoms with Crippen LogP contribution in [0.1, 0.15) is 28.8 Å². The van der Waals surface area contributed by atoms with Crippen molar-refractivity contribution in [2.75, 3.05) is 6.54 Å². The number of nitrogens with one attached hydrogen (secondary N) is 1. The third kappa shape index (κ3) is 2.55. The topological polar surface area (TPSA) is 29.1 Å². The zero-order valence-electron chi connectivity index (χ0n) is 10.7. The Morgan fingerprint density at radius 3 is 3.05 bits per heavy atom. The largest absolute Gasteiger partial charge is 0.355 e. The van der Waals surface area contributed by atoms with Crippen LogP contribution in [0.4, 0.5) is 0 Å². The Balaban J connectivity index is 2.03. The van der Waals surface area contributed by atoms with Crippen LogP contribution in [0.2, 0.25) is 0 Å². The first-order valence-electron chi connectivity index (χ1n) is 6.28. The van der Waals surface area contributed by atoms with E-state index in [9.17, 15) is 4.79 Å². The van der Waals surface area contributed by atoms with E-state index in [1.807, 2.05) is 11.8 Å². The van der Waals surface area contributed by atoms with E-state index in [-0.39, 0.29) is 11.8 Å². The lowest BCUT2D eigenvalue weighted by Crippen LogP contribution is -2.26. The number of rotatable bonds is 2. The van der Waals surface area contributed by atoms with Crippen LogP contribution < -0.4 is 5.32 Å². The molecule has 98 valence electrons. The van der Waals surface area contributed by atoms with Crippen molar-refractivity contribution in [3.8, 4) is 0 Å². The molecule has 4 heteroatoms. The molecule has 1 N–H and O–H groups in total. The van der Waals surface area contributed by atoms with Crippen molar-refractivity contribution in [2.24, 2.45) is 0 Å². The van der Waals surface area contributed by atoms with Gasteiger partial charge in [0.2, 0.25) is 5.91 Å². The third-order valence-electron chi connectivity index (χ3n) is 3.33. The Morgan fingerprint density at radius 2 is 2.21 bits per heavy atom. The fourth-order valence-corrected chi connectivity index (χ4v) is 4.67. The number of carbonyl (C=O) groups is 1. The summed E-state index contributed by atoms with van der Waals surface area (Å²) < 4.78 is 0. The Hall–Kier alpha value is -1.26. The lowest BCUT2D eigenvalue weighted by atomic mass is 9.95. The summed E-state index contributed by atoms with van der Waals surface area (Å²) in [5.41, 5.74) is 2.74. The number of hydrogen-bond donors (Lipinski definition) is 1. The predicted octanol–water partition coefficient (Wildman–Crippen LogP) is 3.62. The maximum Gasteiger partial charge on any atom is 0.216 e. The number of hydrogen-bond acceptors (Lipinski definition) is 3. The van der Waals surface area contributed by atoms with Gasteiger partial charge in [-0.15, -0.1) is 23.1 Å². The van der Waals surface area contributed by atoms with Gasteiger partial charge < -0.3 is 5.32 Å². The first-order valence-corrected chi connectivity index (χ1v) is 8.14. The molecular formula is C15H15NOS2. The summed E-state index contributed by atoms with van der Waals surface area (Å²) in [7, 11) is 0. The molecule has 2 heterocycles. The Bertz CT molecular complexity index is 606. The third-order valence-corrected chi connectivity index (χ3v) is 5.54. The molecule has 19 heavy (non-hydrogen) atoms. The van der Waals surface area contributed by atoms with Gasteiger partial charge in [0, 0.05) is 34.9 Å². The van der Waals surface area contributed by atoms with Gasteiger partial charge in [-0.05, 0) is 28.6 Å². The van der Waals surface area contributed by atoms with Crippen LogP contribution in [0.3, 0.4) is 0 Å². The molecule has 0 spiro atoms. The first kappa shape index (κ1) is 12.8. The average molecular weight is 289 g/mol. The highest BCUT2D eigenvalue weighted by Gasteiger charge is 2.24. The van der Waals surface area contributed by atoms with Gasteiger partial charge in [0.05, 0.1) is 0 Å². The van der Waals surface area contributed by atoms with Crippen molar-refractivity contribution < 1.29 is 4.79 Å². The molecule has 1 aromatic heterocycles. The number of thiophene rings is 1. The van der Waals surface area contributed by atoms with Crippen LogP contribution in [0.15, 0.2) is 40.6 Å². The van der Waals surface area contributed by atoms with E-state index in [0.29, 0.717) is 6.54 Å². The second-order valence-electron chi connectivity index (χ2n) is 4.63. The van der Waals surface area contributed by atoms with Gasteiger partial charge in [0.25, 0.3) is 0 Å². The highest BCUT2D eigenvalue weighted by Crippen LogP contribution is 2.42. The van der Waals surface area contributed by atoms with Gasteiger partial charge in [-0.3, -0.25) is 4.79 Å². The number of carbonyl (C=O) groups excluding carboxylic acids is 1. The van der Waals surface area contributed by atoms with Crippen LogP contribution in [-0.4, -0.2) is 12.5 Å². The minimum atomic E-state index is 0.0347. The molecular weight excluding hydrogens is 274 g/mol. The summed E-state index contributed by atoms with van der Waals surface area (Å²) in [6.45, 7) is 2.26. The zero-order chi connectivity index (χ0) is 13.2. The van der Waals surface area contributed by atoms with E-state index >= 15 is 0 Å². The van der Waals surface area contributed by atoms with Gasteiger partial charge in [-0.1, -0.05) is 18.2 Å². The predicted molar refractivity (Wildman–Crippen MR) is 80.8 cm³/mol. The maximum absolute atomic E-state index is 11.2. The first-order chi connectivity index (χ1) is 9.25. The van der Waals surface area contributed by atoms with Crippen LogP contribution >= 0.6 is 23.1 Å². The molecule has 1 aliphatic rings. The Morgan fingerprint density at radius 1 is 1.37 bits per heavy atom. The molecule has 1 aliphatic heterocycles. The fourth-order valence-electron chi connectivity index (χ4n) is 2.42. The number of thioether (sulfide) groups is 1. The molecule has 2 nitrogen and oxygen atoms in total. The fraction of sp³-hybridized carbons (Fsp3) is 0.267. The van der Waals surface area contributed by atoms with E-state index in [1.165, 1.54) is 20.9 Å². The van der Waals surface area contributed by atoms with E-state index in [2.05, 4.69) is 41.0 Å². The summed E-state index contributed by atoms with van der Waals surface area (Å²) in [5.74, 6) is 1.34. The number of fused-ring (bicyclic) bond motifs is 2. The molecule has 0 bridgehead atoms. The minimum absolute atomic E-state index is 0.0347. The van der Waals surface area contributed by atoms with E-state index in [4.69, 9.17) is 0 Å². The maximum atomic E-state index is 11.2.